The van der Waals surface area contributed by atoms with Gasteiger partial charge in [-0.15, -0.1) is 0 Å². The highest BCUT2D eigenvalue weighted by molar-refractivity contribution is 5.90. The fourth-order valence-corrected chi connectivity index (χ4v) is 2.56. The molecule has 0 aliphatic heterocycles. The lowest BCUT2D eigenvalue weighted by atomic mass is 10.2. The third kappa shape index (κ3) is 2.36. The minimum absolute atomic E-state index is 0.248. The summed E-state index contributed by atoms with van der Waals surface area (Å²) in [7, 11) is 0. The minimum Gasteiger partial charge on any atom is -0.264 e. The molecule has 0 aliphatic carbocycles. The van der Waals surface area contributed by atoms with Crippen LogP contribution in [0.3, 0.4) is 0 Å². The van der Waals surface area contributed by atoms with Gasteiger partial charge in [0.05, 0.1) is 12.1 Å². The van der Waals surface area contributed by atoms with Crippen LogP contribution in [0.25, 0.3) is 22.4 Å². The molecule has 23 heavy (non-hydrogen) atoms. The first kappa shape index (κ1) is 13.6. The molecule has 1 N–H and O–H groups in total. The van der Waals surface area contributed by atoms with Crippen LogP contribution in [0.4, 0.5) is 4.39 Å². The molecule has 0 aliphatic rings. The molecule has 1 aromatic carbocycles. The molecule has 0 saturated carbocycles. The number of rotatable bonds is 3. The van der Waals surface area contributed by atoms with Crippen molar-refractivity contribution in [2.45, 2.75) is 13.5 Å². The third-order valence-electron chi connectivity index (χ3n) is 3.65. The number of pyridine rings is 1. The van der Waals surface area contributed by atoms with Crippen molar-refractivity contribution < 1.29 is 4.39 Å². The van der Waals surface area contributed by atoms with E-state index in [1.807, 2.05) is 12.1 Å². The van der Waals surface area contributed by atoms with Gasteiger partial charge in [-0.3, -0.25) is 14.8 Å². The second-order valence-corrected chi connectivity index (χ2v) is 5.22. The number of nitrogens with zero attached hydrogens (tertiary/aromatic N) is 5. The SMILES string of the molecule is Cc1n[nH]c(-c2nn(Cc3ccccc3F)c3ccncc23)n1. The van der Waals surface area contributed by atoms with E-state index in [1.54, 1.807) is 36.1 Å². The van der Waals surface area contributed by atoms with Crippen molar-refractivity contribution in [2.75, 3.05) is 0 Å². The molecule has 0 bridgehead atoms. The predicted molar refractivity (Wildman–Crippen MR) is 83.1 cm³/mol. The summed E-state index contributed by atoms with van der Waals surface area (Å²) in [5.74, 6) is 0.968. The molecule has 3 aromatic heterocycles. The zero-order valence-electron chi connectivity index (χ0n) is 12.4. The van der Waals surface area contributed by atoms with Crippen LogP contribution in [0.1, 0.15) is 11.4 Å². The molecule has 0 atom stereocenters. The Morgan fingerprint density at radius 1 is 1.22 bits per heavy atom. The molecule has 7 heteroatoms. The summed E-state index contributed by atoms with van der Waals surface area (Å²) in [6.45, 7) is 2.14. The first-order valence-electron chi connectivity index (χ1n) is 7.15. The summed E-state index contributed by atoms with van der Waals surface area (Å²) >= 11 is 0. The van der Waals surface area contributed by atoms with Crippen LogP contribution in [0.2, 0.25) is 0 Å². The standard InChI is InChI=1S/C16H13FN6/c1-10-19-16(21-20-10)15-12-8-18-7-6-14(12)23(22-15)9-11-4-2-3-5-13(11)17/h2-8H,9H2,1H3,(H,19,20,21). The highest BCUT2D eigenvalue weighted by Crippen LogP contribution is 2.25. The highest BCUT2D eigenvalue weighted by atomic mass is 19.1. The summed E-state index contributed by atoms with van der Waals surface area (Å²) in [6, 6.07) is 8.54. The van der Waals surface area contributed by atoms with E-state index in [4.69, 9.17) is 0 Å². The van der Waals surface area contributed by atoms with Crippen LogP contribution in [0.5, 0.6) is 0 Å². The second-order valence-electron chi connectivity index (χ2n) is 5.22. The molecule has 3 heterocycles. The van der Waals surface area contributed by atoms with Gasteiger partial charge in [0.25, 0.3) is 0 Å². The Morgan fingerprint density at radius 2 is 2.09 bits per heavy atom. The number of halogens is 1. The number of fused-ring (bicyclic) bond motifs is 1. The second kappa shape index (κ2) is 5.28. The lowest BCUT2D eigenvalue weighted by molar-refractivity contribution is 0.590. The number of nitrogens with one attached hydrogen (secondary N) is 1. The van der Waals surface area contributed by atoms with Crippen LogP contribution in [0, 0.1) is 12.7 Å². The van der Waals surface area contributed by atoms with Gasteiger partial charge in [0, 0.05) is 23.3 Å². The van der Waals surface area contributed by atoms with Gasteiger partial charge in [-0.2, -0.15) is 10.2 Å². The van der Waals surface area contributed by atoms with Gasteiger partial charge in [-0.25, -0.2) is 9.37 Å². The Balaban J connectivity index is 1.86. The molecule has 0 radical (unpaired) electrons. The van der Waals surface area contributed by atoms with Crippen molar-refractivity contribution in [1.82, 2.24) is 29.9 Å². The Bertz CT molecular complexity index is 987. The first-order chi connectivity index (χ1) is 11.2. The van der Waals surface area contributed by atoms with Gasteiger partial charge in [-0.1, -0.05) is 18.2 Å². The molecular weight excluding hydrogens is 295 g/mol. The molecule has 0 spiro atoms. The van der Waals surface area contributed by atoms with Gasteiger partial charge in [0.15, 0.2) is 5.82 Å². The topological polar surface area (TPSA) is 72.3 Å². The highest BCUT2D eigenvalue weighted by Gasteiger charge is 2.16. The Kier molecular flexibility index (Phi) is 3.11. The Hall–Kier alpha value is -3.09. The summed E-state index contributed by atoms with van der Waals surface area (Å²) in [5, 5.41) is 12.3. The maximum atomic E-state index is 13.9. The van der Waals surface area contributed by atoms with E-state index in [9.17, 15) is 4.39 Å². The minimum atomic E-state index is -0.248. The zero-order valence-corrected chi connectivity index (χ0v) is 12.4. The first-order valence-corrected chi connectivity index (χ1v) is 7.15. The lowest BCUT2D eigenvalue weighted by Gasteiger charge is -2.04. The number of hydrogen-bond acceptors (Lipinski definition) is 4. The summed E-state index contributed by atoms with van der Waals surface area (Å²) in [5.41, 5.74) is 2.10. The molecule has 114 valence electrons. The van der Waals surface area contributed by atoms with Crippen molar-refractivity contribution in [3.8, 4) is 11.5 Å². The number of aryl methyl sites for hydroxylation is 1. The smallest absolute Gasteiger partial charge is 0.177 e. The largest absolute Gasteiger partial charge is 0.264 e. The van der Waals surface area contributed by atoms with Gasteiger partial charge in [0.1, 0.15) is 17.3 Å². The predicted octanol–water partition coefficient (Wildman–Crippen LogP) is 2.71. The molecule has 0 fully saturated rings. The van der Waals surface area contributed by atoms with Crippen molar-refractivity contribution >= 4 is 10.9 Å². The molecule has 0 amide bonds. The van der Waals surface area contributed by atoms with Crippen LogP contribution in [-0.2, 0) is 6.54 Å². The third-order valence-corrected chi connectivity index (χ3v) is 3.65. The van der Waals surface area contributed by atoms with Crippen molar-refractivity contribution in [3.05, 3.63) is 59.9 Å². The van der Waals surface area contributed by atoms with Crippen LogP contribution in [-0.4, -0.2) is 29.9 Å². The van der Waals surface area contributed by atoms with E-state index in [0.717, 1.165) is 10.9 Å². The maximum absolute atomic E-state index is 13.9. The van der Waals surface area contributed by atoms with E-state index in [2.05, 4.69) is 25.3 Å². The van der Waals surface area contributed by atoms with Gasteiger partial charge < -0.3 is 0 Å². The molecule has 4 aromatic rings. The van der Waals surface area contributed by atoms with E-state index >= 15 is 0 Å². The maximum Gasteiger partial charge on any atom is 0.177 e. The van der Waals surface area contributed by atoms with E-state index in [0.29, 0.717) is 29.5 Å². The quantitative estimate of drug-likeness (QED) is 0.631. The van der Waals surface area contributed by atoms with E-state index < -0.39 is 0 Å². The fourth-order valence-electron chi connectivity index (χ4n) is 2.56. The number of aromatic amines is 1. The average molecular weight is 308 g/mol. The zero-order chi connectivity index (χ0) is 15.8. The fraction of sp³-hybridized carbons (Fsp3) is 0.125. The normalized spacial score (nSPS) is 11.2. The average Bonchev–Trinajstić information content (AvgIpc) is 3.14. The number of H-pyrrole nitrogens is 1. The monoisotopic (exact) mass is 308 g/mol. The molecule has 0 saturated heterocycles. The summed E-state index contributed by atoms with van der Waals surface area (Å²) in [4.78, 5) is 8.48. The van der Waals surface area contributed by atoms with Gasteiger partial charge >= 0.3 is 0 Å². The number of hydrogen-bond donors (Lipinski definition) is 1. The Morgan fingerprint density at radius 3 is 2.87 bits per heavy atom. The molecular formula is C16H13FN6. The van der Waals surface area contributed by atoms with Crippen molar-refractivity contribution in [3.63, 3.8) is 0 Å². The number of aromatic nitrogens is 6. The lowest BCUT2D eigenvalue weighted by Crippen LogP contribution is -2.03. The number of benzene rings is 1. The Labute approximate surface area is 131 Å². The van der Waals surface area contributed by atoms with Gasteiger partial charge in [-0.05, 0) is 19.1 Å². The van der Waals surface area contributed by atoms with Crippen molar-refractivity contribution in [2.24, 2.45) is 0 Å². The summed E-state index contributed by atoms with van der Waals surface area (Å²) in [6.07, 6.45) is 3.42. The molecule has 6 nitrogen and oxygen atoms in total. The molecule has 4 rings (SSSR count). The summed E-state index contributed by atoms with van der Waals surface area (Å²) < 4.78 is 15.7. The van der Waals surface area contributed by atoms with Crippen LogP contribution < -0.4 is 0 Å². The van der Waals surface area contributed by atoms with E-state index in [1.165, 1.54) is 6.07 Å². The van der Waals surface area contributed by atoms with Crippen molar-refractivity contribution in [1.29, 1.82) is 0 Å². The van der Waals surface area contributed by atoms with Gasteiger partial charge in [0.2, 0.25) is 0 Å². The van der Waals surface area contributed by atoms with Crippen LogP contribution in [0.15, 0.2) is 42.7 Å². The molecule has 0 unspecified atom stereocenters. The van der Waals surface area contributed by atoms with E-state index in [-0.39, 0.29) is 5.82 Å². The van der Waals surface area contributed by atoms with Crippen LogP contribution >= 0.6 is 0 Å².